The van der Waals surface area contributed by atoms with Crippen LogP contribution in [-0.2, 0) is 4.74 Å². The molecule has 3 atom stereocenters. The molecule has 66 valence electrons. The highest BCUT2D eigenvalue weighted by Crippen LogP contribution is 2.20. The van der Waals surface area contributed by atoms with Crippen molar-refractivity contribution in [2.75, 3.05) is 14.1 Å². The number of rotatable bonds is 1. The Morgan fingerprint density at radius 3 is 2.45 bits per heavy atom. The molecule has 0 spiro atoms. The molecule has 1 saturated heterocycles. The van der Waals surface area contributed by atoms with Gasteiger partial charge in [0.05, 0.1) is 6.10 Å². The van der Waals surface area contributed by atoms with E-state index in [2.05, 4.69) is 4.90 Å². The molecule has 3 heteroatoms. The molecule has 0 bridgehead atoms. The van der Waals surface area contributed by atoms with Gasteiger partial charge in [0.2, 0.25) is 0 Å². The minimum atomic E-state index is -0.541. The van der Waals surface area contributed by atoms with E-state index in [1.165, 1.54) is 0 Å². The molecular formula is C8H17NO2. The molecule has 1 rings (SSSR count). The number of nitrogens with zero attached hydrogens (tertiary/aromatic N) is 1. The Morgan fingerprint density at radius 2 is 2.00 bits per heavy atom. The zero-order valence-corrected chi connectivity index (χ0v) is 7.45. The van der Waals surface area contributed by atoms with E-state index in [1.807, 2.05) is 21.0 Å². The number of likely N-dealkylation sites (N-methyl/N-ethyl adjacent to an activating group) is 1. The minimum absolute atomic E-state index is 0.147. The molecule has 1 heterocycles. The van der Waals surface area contributed by atoms with Gasteiger partial charge in [-0.05, 0) is 33.9 Å². The van der Waals surface area contributed by atoms with E-state index in [-0.39, 0.29) is 6.10 Å². The van der Waals surface area contributed by atoms with Gasteiger partial charge in [0.15, 0.2) is 6.29 Å². The molecule has 1 N–H and O–H groups in total. The van der Waals surface area contributed by atoms with Crippen molar-refractivity contribution < 1.29 is 9.84 Å². The highest BCUT2D eigenvalue weighted by molar-refractivity contribution is 4.77. The van der Waals surface area contributed by atoms with Crippen LogP contribution in [0, 0.1) is 0 Å². The van der Waals surface area contributed by atoms with Gasteiger partial charge in [-0.25, -0.2) is 0 Å². The topological polar surface area (TPSA) is 32.7 Å². The van der Waals surface area contributed by atoms with Crippen LogP contribution in [0.2, 0.25) is 0 Å². The van der Waals surface area contributed by atoms with E-state index in [4.69, 9.17) is 9.84 Å². The lowest BCUT2D eigenvalue weighted by Gasteiger charge is -2.36. The van der Waals surface area contributed by atoms with Crippen molar-refractivity contribution in [2.45, 2.75) is 38.2 Å². The summed E-state index contributed by atoms with van der Waals surface area (Å²) in [5.74, 6) is 0. The molecule has 0 aromatic heterocycles. The van der Waals surface area contributed by atoms with E-state index in [0.717, 1.165) is 12.8 Å². The Labute approximate surface area is 68.0 Å². The maximum absolute atomic E-state index is 9.14. The summed E-state index contributed by atoms with van der Waals surface area (Å²) in [5, 5.41) is 9.14. The predicted molar refractivity (Wildman–Crippen MR) is 43.3 cm³/mol. The third-order valence-corrected chi connectivity index (χ3v) is 2.29. The van der Waals surface area contributed by atoms with Crippen LogP contribution in [-0.4, -0.2) is 42.5 Å². The van der Waals surface area contributed by atoms with Crippen molar-refractivity contribution in [3.8, 4) is 0 Å². The average Bonchev–Trinajstić information content (AvgIpc) is 1.85. The van der Waals surface area contributed by atoms with Crippen LogP contribution in [0.1, 0.15) is 19.8 Å². The summed E-state index contributed by atoms with van der Waals surface area (Å²) in [6, 6.07) is 0.457. The van der Waals surface area contributed by atoms with Gasteiger partial charge in [-0.1, -0.05) is 0 Å². The largest absolute Gasteiger partial charge is 0.368 e. The first kappa shape index (κ1) is 8.97. The maximum Gasteiger partial charge on any atom is 0.155 e. The highest BCUT2D eigenvalue weighted by atomic mass is 16.6. The Bertz CT molecular complexity index is 127. The number of hydrogen-bond donors (Lipinski definition) is 1. The van der Waals surface area contributed by atoms with E-state index < -0.39 is 6.29 Å². The fourth-order valence-corrected chi connectivity index (χ4v) is 1.63. The summed E-state index contributed by atoms with van der Waals surface area (Å²) in [6.45, 7) is 2.01. The van der Waals surface area contributed by atoms with Crippen molar-refractivity contribution in [3.05, 3.63) is 0 Å². The lowest BCUT2D eigenvalue weighted by Crippen LogP contribution is -2.44. The molecule has 0 aromatic carbocycles. The zero-order valence-electron chi connectivity index (χ0n) is 7.45. The smallest absolute Gasteiger partial charge is 0.155 e. The average molecular weight is 159 g/mol. The third kappa shape index (κ3) is 2.15. The van der Waals surface area contributed by atoms with Crippen molar-refractivity contribution in [2.24, 2.45) is 0 Å². The second-order valence-corrected chi connectivity index (χ2v) is 3.40. The van der Waals surface area contributed by atoms with Gasteiger partial charge in [-0.2, -0.15) is 0 Å². The molecule has 1 fully saturated rings. The van der Waals surface area contributed by atoms with Gasteiger partial charge in [0.25, 0.3) is 0 Å². The predicted octanol–water partition coefficient (Wildman–Crippen LogP) is 0.434. The molecule has 0 unspecified atom stereocenters. The van der Waals surface area contributed by atoms with Gasteiger partial charge in [0, 0.05) is 6.04 Å². The normalized spacial score (nSPS) is 39.5. The Kier molecular flexibility index (Phi) is 2.87. The minimum Gasteiger partial charge on any atom is -0.368 e. The lowest BCUT2D eigenvalue weighted by molar-refractivity contribution is -0.177. The maximum atomic E-state index is 9.14. The van der Waals surface area contributed by atoms with Gasteiger partial charge >= 0.3 is 0 Å². The van der Waals surface area contributed by atoms with Crippen LogP contribution in [0.5, 0.6) is 0 Å². The molecule has 3 nitrogen and oxygen atoms in total. The number of aliphatic hydroxyl groups is 1. The molecule has 0 aromatic rings. The molecule has 1 aliphatic rings. The van der Waals surface area contributed by atoms with Crippen molar-refractivity contribution in [1.29, 1.82) is 0 Å². The number of hydrogen-bond acceptors (Lipinski definition) is 3. The Balaban J connectivity index is 2.44. The molecule has 0 amide bonds. The summed E-state index contributed by atoms with van der Waals surface area (Å²) in [4.78, 5) is 2.15. The lowest BCUT2D eigenvalue weighted by atomic mass is 10.0. The third-order valence-electron chi connectivity index (χ3n) is 2.29. The molecule has 0 radical (unpaired) electrons. The van der Waals surface area contributed by atoms with E-state index in [9.17, 15) is 0 Å². The second kappa shape index (κ2) is 3.52. The number of ether oxygens (including phenoxy) is 1. The molecule has 0 saturated carbocycles. The summed E-state index contributed by atoms with van der Waals surface area (Å²) in [6.07, 6.45) is 1.39. The second-order valence-electron chi connectivity index (χ2n) is 3.40. The molecule has 11 heavy (non-hydrogen) atoms. The summed E-state index contributed by atoms with van der Waals surface area (Å²) < 4.78 is 5.27. The van der Waals surface area contributed by atoms with Crippen LogP contribution >= 0.6 is 0 Å². The molecule has 1 aliphatic heterocycles. The van der Waals surface area contributed by atoms with Crippen LogP contribution < -0.4 is 0 Å². The zero-order chi connectivity index (χ0) is 8.43. The van der Waals surface area contributed by atoms with E-state index in [0.29, 0.717) is 6.04 Å². The van der Waals surface area contributed by atoms with Crippen LogP contribution in [0.15, 0.2) is 0 Å². The first-order chi connectivity index (χ1) is 5.11. The summed E-state index contributed by atoms with van der Waals surface area (Å²) >= 11 is 0. The SMILES string of the molecule is C[C@@H]1O[C@@H](O)CC[C@@H]1N(C)C. The highest BCUT2D eigenvalue weighted by Gasteiger charge is 2.27. The van der Waals surface area contributed by atoms with Crippen LogP contribution in [0.3, 0.4) is 0 Å². The monoisotopic (exact) mass is 159 g/mol. The van der Waals surface area contributed by atoms with Crippen LogP contribution in [0.25, 0.3) is 0 Å². The van der Waals surface area contributed by atoms with E-state index in [1.54, 1.807) is 0 Å². The van der Waals surface area contributed by atoms with Crippen molar-refractivity contribution in [3.63, 3.8) is 0 Å². The Hall–Kier alpha value is -0.120. The first-order valence-corrected chi connectivity index (χ1v) is 4.11. The molecular weight excluding hydrogens is 142 g/mol. The molecule has 0 aliphatic carbocycles. The number of aliphatic hydroxyl groups excluding tert-OH is 1. The van der Waals surface area contributed by atoms with Gasteiger partial charge in [-0.3, -0.25) is 0 Å². The first-order valence-electron chi connectivity index (χ1n) is 4.11. The summed E-state index contributed by atoms with van der Waals surface area (Å²) in [7, 11) is 4.09. The Morgan fingerprint density at radius 1 is 1.36 bits per heavy atom. The van der Waals surface area contributed by atoms with Crippen LogP contribution in [0.4, 0.5) is 0 Å². The fourth-order valence-electron chi connectivity index (χ4n) is 1.63. The van der Waals surface area contributed by atoms with Crippen molar-refractivity contribution >= 4 is 0 Å². The summed E-state index contributed by atoms with van der Waals surface area (Å²) in [5.41, 5.74) is 0. The van der Waals surface area contributed by atoms with E-state index >= 15 is 0 Å². The van der Waals surface area contributed by atoms with Gasteiger partial charge in [-0.15, -0.1) is 0 Å². The van der Waals surface area contributed by atoms with Gasteiger partial charge < -0.3 is 14.7 Å². The van der Waals surface area contributed by atoms with Crippen molar-refractivity contribution in [1.82, 2.24) is 4.90 Å². The van der Waals surface area contributed by atoms with Gasteiger partial charge in [0.1, 0.15) is 0 Å². The standard InChI is InChI=1S/C8H17NO2/c1-6-7(9(2)3)4-5-8(10)11-6/h6-8,10H,4-5H2,1-3H3/t6-,7-,8+/m0/s1. The quantitative estimate of drug-likeness (QED) is 0.602. The fraction of sp³-hybridized carbons (Fsp3) is 1.00.